The Bertz CT molecular complexity index is 442. The van der Waals surface area contributed by atoms with Crippen LogP contribution in [0.15, 0.2) is 9.65 Å². The molecule has 1 amide bonds. The predicted octanol–water partition coefficient (Wildman–Crippen LogP) is -1.35. The molecule has 92 valence electrons. The first kappa shape index (κ1) is 11.9. The van der Waals surface area contributed by atoms with Gasteiger partial charge >= 0.3 is 0 Å². The van der Waals surface area contributed by atoms with Gasteiger partial charge in [-0.25, -0.2) is 4.63 Å². The van der Waals surface area contributed by atoms with Crippen molar-refractivity contribution in [2.24, 2.45) is 5.73 Å². The zero-order valence-electron chi connectivity index (χ0n) is 8.79. The van der Waals surface area contributed by atoms with Crippen molar-refractivity contribution >= 4 is 23.5 Å². The summed E-state index contributed by atoms with van der Waals surface area (Å²) < 4.78 is 4.51. The van der Waals surface area contributed by atoms with Gasteiger partial charge in [0.2, 0.25) is 5.91 Å². The molecule has 0 bridgehead atoms. The Hall–Kier alpha value is -1.61. The molecule has 8 nitrogen and oxygen atoms in total. The Morgan fingerprint density at radius 1 is 1.65 bits per heavy atom. The molecule has 2 heterocycles. The molecule has 0 aromatic carbocycles. The summed E-state index contributed by atoms with van der Waals surface area (Å²) in [5.74, 6) is -0.483. The zero-order valence-corrected chi connectivity index (χ0v) is 9.61. The molecule has 1 fully saturated rings. The van der Waals surface area contributed by atoms with Gasteiger partial charge in [0.1, 0.15) is 12.4 Å². The van der Waals surface area contributed by atoms with Crippen LogP contribution in [-0.4, -0.2) is 57.0 Å². The number of aliphatic hydroxyl groups is 1. The smallest absolute Gasteiger partial charge is 0.248 e. The molecule has 17 heavy (non-hydrogen) atoms. The maximum Gasteiger partial charge on any atom is 0.248 e. The number of rotatable bonds is 4. The summed E-state index contributed by atoms with van der Waals surface area (Å²) in [6.45, 7) is 0.601. The normalized spacial score (nSPS) is 15.7. The second kappa shape index (κ2) is 4.72. The lowest BCUT2D eigenvalue weighted by Gasteiger charge is -2.37. The molecular weight excluding hydrogens is 246 g/mol. The lowest BCUT2D eigenvalue weighted by molar-refractivity contribution is -0.137. The van der Waals surface area contributed by atoms with Crippen molar-refractivity contribution in [3.05, 3.63) is 5.69 Å². The summed E-state index contributed by atoms with van der Waals surface area (Å²) in [6, 6.07) is 0. The number of nitrogen functional groups attached to an aromatic ring is 1. The van der Waals surface area contributed by atoms with Gasteiger partial charge in [-0.3, -0.25) is 10.2 Å². The molecule has 9 heteroatoms. The third-order valence-electron chi connectivity index (χ3n) is 2.33. The largest absolute Gasteiger partial charge is 0.387 e. The van der Waals surface area contributed by atoms with E-state index in [0.717, 1.165) is 0 Å². The topological polar surface area (TPSA) is 129 Å². The molecule has 0 atom stereocenters. The van der Waals surface area contributed by atoms with E-state index >= 15 is 0 Å². The lowest BCUT2D eigenvalue weighted by atomic mass is 10.2. The van der Waals surface area contributed by atoms with Gasteiger partial charge in [-0.05, 0) is 10.3 Å². The minimum absolute atomic E-state index is 0.162. The van der Waals surface area contributed by atoms with Gasteiger partial charge in [-0.2, -0.15) is 0 Å². The number of carbonyl (C=O) groups is 1. The van der Waals surface area contributed by atoms with Crippen molar-refractivity contribution in [1.82, 2.24) is 15.2 Å². The molecule has 0 radical (unpaired) electrons. The number of carbonyl (C=O) groups excluding carboxylic acids is 1. The van der Waals surface area contributed by atoms with Gasteiger partial charge in [0, 0.05) is 18.3 Å². The molecule has 0 spiro atoms. The molecule has 0 unspecified atom stereocenters. The monoisotopic (exact) mass is 257 g/mol. The highest BCUT2D eigenvalue weighted by molar-refractivity contribution is 8.00. The number of nitrogens with zero attached hydrogens (tertiary/aromatic N) is 3. The highest BCUT2D eigenvalue weighted by Gasteiger charge is 2.32. The maximum absolute atomic E-state index is 11.1. The van der Waals surface area contributed by atoms with E-state index in [9.17, 15) is 4.79 Å². The van der Waals surface area contributed by atoms with E-state index in [1.165, 1.54) is 11.8 Å². The number of amidine groups is 1. The Morgan fingerprint density at radius 3 is 2.94 bits per heavy atom. The fraction of sp³-hybridized carbons (Fsp3) is 0.500. The Labute approximate surface area is 101 Å². The van der Waals surface area contributed by atoms with E-state index in [1.807, 2.05) is 0 Å². The number of hydrogen-bond acceptors (Lipinski definition) is 7. The summed E-state index contributed by atoms with van der Waals surface area (Å²) >= 11 is 1.36. The van der Waals surface area contributed by atoms with Gasteiger partial charge in [-0.15, -0.1) is 0 Å². The average molecular weight is 257 g/mol. The fourth-order valence-corrected chi connectivity index (χ4v) is 2.56. The van der Waals surface area contributed by atoms with E-state index in [0.29, 0.717) is 18.1 Å². The van der Waals surface area contributed by atoms with Gasteiger partial charge in [0.15, 0.2) is 10.7 Å². The van der Waals surface area contributed by atoms with Crippen LogP contribution in [0.3, 0.4) is 0 Å². The number of nitrogens with one attached hydrogen (secondary N) is 1. The van der Waals surface area contributed by atoms with Gasteiger partial charge in [0.25, 0.3) is 0 Å². The first-order valence-electron chi connectivity index (χ1n) is 4.84. The van der Waals surface area contributed by atoms with Gasteiger partial charge < -0.3 is 15.7 Å². The highest BCUT2D eigenvalue weighted by atomic mass is 32.2. The number of likely N-dealkylation sites (tertiary alicyclic amines) is 1. The molecule has 4 N–H and O–H groups in total. The summed E-state index contributed by atoms with van der Waals surface area (Å²) in [6.07, 6.45) is 0. The van der Waals surface area contributed by atoms with E-state index < -0.39 is 6.61 Å². The van der Waals surface area contributed by atoms with Crippen LogP contribution in [0.2, 0.25) is 0 Å². The SMILES string of the molecule is N=C(N)c1nonc1SC1CN(C(=O)CO)C1. The highest BCUT2D eigenvalue weighted by Crippen LogP contribution is 2.29. The first-order valence-corrected chi connectivity index (χ1v) is 5.72. The van der Waals surface area contributed by atoms with Crippen molar-refractivity contribution in [3.63, 3.8) is 0 Å². The second-order valence-corrected chi connectivity index (χ2v) is 4.82. The number of amides is 1. The van der Waals surface area contributed by atoms with Gasteiger partial charge in [0.05, 0.1) is 0 Å². The maximum atomic E-state index is 11.1. The van der Waals surface area contributed by atoms with E-state index in [2.05, 4.69) is 14.9 Å². The van der Waals surface area contributed by atoms with E-state index in [4.69, 9.17) is 16.2 Å². The van der Waals surface area contributed by atoms with Crippen molar-refractivity contribution in [2.75, 3.05) is 19.7 Å². The zero-order chi connectivity index (χ0) is 12.4. The quantitative estimate of drug-likeness (QED) is 0.449. The van der Waals surface area contributed by atoms with Crippen LogP contribution < -0.4 is 5.73 Å². The molecule has 1 saturated heterocycles. The minimum atomic E-state index is -0.471. The third kappa shape index (κ3) is 2.39. The van der Waals surface area contributed by atoms with E-state index in [-0.39, 0.29) is 22.7 Å². The van der Waals surface area contributed by atoms with Crippen LogP contribution in [0.25, 0.3) is 0 Å². The number of aliphatic hydroxyl groups excluding tert-OH is 1. The Morgan fingerprint density at radius 2 is 2.35 bits per heavy atom. The predicted molar refractivity (Wildman–Crippen MR) is 58.6 cm³/mol. The van der Waals surface area contributed by atoms with Gasteiger partial charge in [-0.1, -0.05) is 11.8 Å². The van der Waals surface area contributed by atoms with Crippen molar-refractivity contribution < 1.29 is 14.5 Å². The number of aromatic nitrogens is 2. The van der Waals surface area contributed by atoms with Crippen LogP contribution in [0.4, 0.5) is 0 Å². The lowest BCUT2D eigenvalue weighted by Crippen LogP contribution is -2.53. The van der Waals surface area contributed by atoms with Crippen molar-refractivity contribution in [1.29, 1.82) is 5.41 Å². The van der Waals surface area contributed by atoms with Crippen LogP contribution in [0, 0.1) is 5.41 Å². The van der Waals surface area contributed by atoms with E-state index in [1.54, 1.807) is 4.90 Å². The molecule has 1 aromatic heterocycles. The molecule has 2 rings (SSSR count). The number of hydrogen-bond donors (Lipinski definition) is 3. The number of nitrogens with two attached hydrogens (primary N) is 1. The number of thioether (sulfide) groups is 1. The first-order chi connectivity index (χ1) is 8.11. The van der Waals surface area contributed by atoms with Crippen molar-refractivity contribution in [3.8, 4) is 0 Å². The standard InChI is InChI=1S/C8H11N5O3S/c9-7(10)6-8(12-16-11-6)17-4-1-13(2-4)5(15)3-14/h4,14H,1-3H2,(H3,9,10). The average Bonchev–Trinajstić information content (AvgIpc) is 2.69. The summed E-state index contributed by atoms with van der Waals surface area (Å²) in [5, 5.41) is 23.7. The molecule has 1 aromatic rings. The van der Waals surface area contributed by atoms with Crippen LogP contribution >= 0.6 is 11.8 Å². The fourth-order valence-electron chi connectivity index (χ4n) is 1.40. The van der Waals surface area contributed by atoms with Crippen LogP contribution in [0.5, 0.6) is 0 Å². The minimum Gasteiger partial charge on any atom is -0.387 e. The van der Waals surface area contributed by atoms with Crippen LogP contribution in [-0.2, 0) is 4.79 Å². The third-order valence-corrected chi connectivity index (χ3v) is 3.45. The second-order valence-electron chi connectivity index (χ2n) is 3.53. The molecule has 1 aliphatic heterocycles. The Kier molecular flexibility index (Phi) is 3.29. The van der Waals surface area contributed by atoms with Crippen LogP contribution in [0.1, 0.15) is 5.69 Å². The molecular formula is C8H11N5O3S. The molecule has 1 aliphatic rings. The molecule has 0 saturated carbocycles. The molecule has 0 aliphatic carbocycles. The Balaban J connectivity index is 1.90. The van der Waals surface area contributed by atoms with Crippen molar-refractivity contribution in [2.45, 2.75) is 10.3 Å². The summed E-state index contributed by atoms with van der Waals surface area (Å²) in [7, 11) is 0. The summed E-state index contributed by atoms with van der Waals surface area (Å²) in [5.41, 5.74) is 5.53. The summed E-state index contributed by atoms with van der Waals surface area (Å²) in [4.78, 5) is 12.6.